The highest BCUT2D eigenvalue weighted by atomic mass is 16.5. The molecular weight excluding hydrogens is 426 g/mol. The molecule has 188 valence electrons. The number of alkyl carbamates (subject to hydrolysis) is 1. The summed E-state index contributed by atoms with van der Waals surface area (Å²) in [6, 6.07) is -1.27. The molecule has 0 aromatic heterocycles. The number of nitrogens with zero attached hydrogens (tertiary/aromatic N) is 1. The lowest BCUT2D eigenvalue weighted by atomic mass is 10.0. The van der Waals surface area contributed by atoms with Crippen molar-refractivity contribution in [3.8, 4) is 0 Å². The van der Waals surface area contributed by atoms with Gasteiger partial charge in [-0.3, -0.25) is 14.4 Å². The van der Waals surface area contributed by atoms with Gasteiger partial charge in [0, 0.05) is 26.2 Å². The Labute approximate surface area is 197 Å². The lowest BCUT2D eigenvalue weighted by Gasteiger charge is -2.28. The number of hydrogen-bond acceptors (Lipinski definition) is 6. The van der Waals surface area contributed by atoms with Crippen molar-refractivity contribution in [3.05, 3.63) is 12.2 Å². The number of amides is 4. The SMILES string of the molecule is CNC(=O)[C@H](CCNC(=O)OC)NC(=O)C1CCCN1C(=O)[C@@H](C)/C=C/[C@H](CC(C)C)NC. The van der Waals surface area contributed by atoms with Crippen LogP contribution in [0.3, 0.4) is 0 Å². The van der Waals surface area contributed by atoms with Crippen LogP contribution in [-0.2, 0) is 19.1 Å². The second-order valence-corrected chi connectivity index (χ2v) is 8.77. The van der Waals surface area contributed by atoms with E-state index < -0.39 is 18.2 Å². The van der Waals surface area contributed by atoms with Gasteiger partial charge in [-0.1, -0.05) is 32.9 Å². The van der Waals surface area contributed by atoms with Gasteiger partial charge in [0.2, 0.25) is 17.7 Å². The van der Waals surface area contributed by atoms with Crippen molar-refractivity contribution in [2.24, 2.45) is 11.8 Å². The minimum absolute atomic E-state index is 0.104. The molecule has 1 heterocycles. The second-order valence-electron chi connectivity index (χ2n) is 8.77. The van der Waals surface area contributed by atoms with Crippen molar-refractivity contribution in [2.45, 2.75) is 64.6 Å². The Hall–Kier alpha value is -2.62. The predicted octanol–water partition coefficient (Wildman–Crippen LogP) is 0.781. The van der Waals surface area contributed by atoms with Crippen LogP contribution in [0.5, 0.6) is 0 Å². The molecule has 0 spiro atoms. The lowest BCUT2D eigenvalue weighted by Crippen LogP contribution is -2.54. The van der Waals surface area contributed by atoms with Crippen LogP contribution in [0.2, 0.25) is 0 Å². The third-order valence-electron chi connectivity index (χ3n) is 5.72. The molecule has 0 radical (unpaired) electrons. The number of rotatable bonds is 12. The predicted molar refractivity (Wildman–Crippen MR) is 126 cm³/mol. The summed E-state index contributed by atoms with van der Waals surface area (Å²) >= 11 is 0. The van der Waals surface area contributed by atoms with Crippen LogP contribution < -0.4 is 21.3 Å². The van der Waals surface area contributed by atoms with E-state index in [1.807, 2.05) is 26.1 Å². The number of carbonyl (C=O) groups excluding carboxylic acids is 4. The van der Waals surface area contributed by atoms with Crippen molar-refractivity contribution in [2.75, 3.05) is 34.3 Å². The molecule has 33 heavy (non-hydrogen) atoms. The van der Waals surface area contributed by atoms with Crippen LogP contribution in [0.15, 0.2) is 12.2 Å². The van der Waals surface area contributed by atoms with E-state index in [0.29, 0.717) is 18.9 Å². The number of carbonyl (C=O) groups is 4. The molecule has 4 amide bonds. The van der Waals surface area contributed by atoms with E-state index in [1.54, 1.807) is 4.90 Å². The molecular formula is C23H41N5O5. The van der Waals surface area contributed by atoms with Gasteiger partial charge in [-0.15, -0.1) is 0 Å². The van der Waals surface area contributed by atoms with E-state index in [0.717, 1.165) is 12.8 Å². The quantitative estimate of drug-likeness (QED) is 0.314. The Morgan fingerprint density at radius 2 is 1.82 bits per heavy atom. The standard InChI is InChI=1S/C23H41N5O5/c1-15(2)14-17(24-4)10-9-16(3)22(31)28-13-7-8-19(28)21(30)27-18(20(29)25-5)11-12-26-23(32)33-6/h9-10,15-19,24H,7-8,11-14H2,1-6H3,(H,25,29)(H,26,32)(H,27,30)/b10-9+/t16-,17+,18-,19?/m0/s1. The number of likely N-dealkylation sites (N-methyl/N-ethyl adjacent to an activating group) is 2. The summed E-state index contributed by atoms with van der Waals surface area (Å²) in [6.45, 7) is 6.80. The molecule has 1 fully saturated rings. The Morgan fingerprint density at radius 1 is 1.12 bits per heavy atom. The van der Waals surface area contributed by atoms with Crippen molar-refractivity contribution >= 4 is 23.8 Å². The van der Waals surface area contributed by atoms with Crippen LogP contribution in [0.4, 0.5) is 4.79 Å². The minimum Gasteiger partial charge on any atom is -0.453 e. The van der Waals surface area contributed by atoms with E-state index in [2.05, 4.69) is 39.9 Å². The molecule has 0 bridgehead atoms. The summed E-state index contributed by atoms with van der Waals surface area (Å²) < 4.78 is 4.51. The Morgan fingerprint density at radius 3 is 2.39 bits per heavy atom. The van der Waals surface area contributed by atoms with Crippen LogP contribution in [-0.4, -0.2) is 81.1 Å². The van der Waals surface area contributed by atoms with E-state index in [9.17, 15) is 19.2 Å². The number of hydrogen-bond donors (Lipinski definition) is 4. The normalized spacial score (nSPS) is 18.6. The molecule has 0 aromatic rings. The molecule has 0 aliphatic carbocycles. The second kappa shape index (κ2) is 14.5. The third kappa shape index (κ3) is 9.41. The molecule has 1 rings (SSSR count). The number of likely N-dealkylation sites (tertiary alicyclic amines) is 1. The summed E-state index contributed by atoms with van der Waals surface area (Å²) in [6.07, 6.45) is 5.73. The largest absolute Gasteiger partial charge is 0.453 e. The number of methoxy groups -OCH3 is 1. The van der Waals surface area contributed by atoms with Crippen LogP contribution >= 0.6 is 0 Å². The molecule has 1 unspecified atom stereocenters. The highest BCUT2D eigenvalue weighted by molar-refractivity contribution is 5.93. The van der Waals surface area contributed by atoms with Crippen LogP contribution in [0, 0.1) is 11.8 Å². The van der Waals surface area contributed by atoms with Gasteiger partial charge in [-0.2, -0.15) is 0 Å². The van der Waals surface area contributed by atoms with E-state index >= 15 is 0 Å². The van der Waals surface area contributed by atoms with Crippen molar-refractivity contribution < 1.29 is 23.9 Å². The fourth-order valence-electron chi connectivity index (χ4n) is 3.85. The number of nitrogens with one attached hydrogen (secondary N) is 4. The first kappa shape index (κ1) is 28.4. The average Bonchev–Trinajstić information content (AvgIpc) is 3.29. The molecule has 0 saturated carbocycles. The van der Waals surface area contributed by atoms with E-state index in [4.69, 9.17) is 0 Å². The molecule has 0 aromatic carbocycles. The first-order valence-electron chi connectivity index (χ1n) is 11.6. The fraction of sp³-hybridized carbons (Fsp3) is 0.739. The summed E-state index contributed by atoms with van der Waals surface area (Å²) in [4.78, 5) is 51.1. The van der Waals surface area contributed by atoms with E-state index in [-0.39, 0.29) is 42.6 Å². The van der Waals surface area contributed by atoms with Gasteiger partial charge >= 0.3 is 6.09 Å². The van der Waals surface area contributed by atoms with Crippen LogP contribution in [0.1, 0.15) is 46.5 Å². The molecule has 10 heteroatoms. The Kier molecular flexibility index (Phi) is 12.5. The molecule has 4 atom stereocenters. The van der Waals surface area contributed by atoms with Crippen molar-refractivity contribution in [1.82, 2.24) is 26.2 Å². The zero-order chi connectivity index (χ0) is 25.0. The van der Waals surface area contributed by atoms with Crippen molar-refractivity contribution in [3.63, 3.8) is 0 Å². The summed E-state index contributed by atoms with van der Waals surface area (Å²) in [5.74, 6) is -0.671. The average molecular weight is 468 g/mol. The zero-order valence-corrected chi connectivity index (χ0v) is 20.8. The van der Waals surface area contributed by atoms with Gasteiger partial charge in [-0.05, 0) is 38.6 Å². The van der Waals surface area contributed by atoms with Gasteiger partial charge in [0.1, 0.15) is 12.1 Å². The lowest BCUT2D eigenvalue weighted by molar-refractivity contribution is -0.141. The van der Waals surface area contributed by atoms with Gasteiger partial charge in [0.15, 0.2) is 0 Å². The summed E-state index contributed by atoms with van der Waals surface area (Å²) in [5, 5.41) is 11.0. The molecule has 1 saturated heterocycles. The Bertz CT molecular complexity index is 697. The monoisotopic (exact) mass is 467 g/mol. The van der Waals surface area contributed by atoms with Crippen molar-refractivity contribution in [1.29, 1.82) is 0 Å². The van der Waals surface area contributed by atoms with Gasteiger partial charge in [-0.25, -0.2) is 4.79 Å². The first-order chi connectivity index (χ1) is 15.6. The Balaban J connectivity index is 2.77. The minimum atomic E-state index is -0.832. The third-order valence-corrected chi connectivity index (χ3v) is 5.72. The summed E-state index contributed by atoms with van der Waals surface area (Å²) in [5.41, 5.74) is 0. The smallest absolute Gasteiger partial charge is 0.406 e. The van der Waals surface area contributed by atoms with Crippen LogP contribution in [0.25, 0.3) is 0 Å². The van der Waals surface area contributed by atoms with E-state index in [1.165, 1.54) is 14.2 Å². The fourth-order valence-corrected chi connectivity index (χ4v) is 3.85. The van der Waals surface area contributed by atoms with Gasteiger partial charge < -0.3 is 30.9 Å². The highest BCUT2D eigenvalue weighted by Crippen LogP contribution is 2.21. The molecule has 1 aliphatic rings. The topological polar surface area (TPSA) is 129 Å². The van der Waals surface area contributed by atoms with Gasteiger partial charge in [0.25, 0.3) is 0 Å². The summed E-state index contributed by atoms with van der Waals surface area (Å²) in [7, 11) is 4.62. The first-order valence-corrected chi connectivity index (χ1v) is 11.6. The zero-order valence-electron chi connectivity index (χ0n) is 20.8. The van der Waals surface area contributed by atoms with Gasteiger partial charge in [0.05, 0.1) is 13.0 Å². The highest BCUT2D eigenvalue weighted by Gasteiger charge is 2.36. The molecule has 10 nitrogen and oxygen atoms in total. The number of ether oxygens (including phenoxy) is 1. The maximum Gasteiger partial charge on any atom is 0.406 e. The maximum atomic E-state index is 13.1. The maximum absolute atomic E-state index is 13.1. The molecule has 4 N–H and O–H groups in total. The molecule has 1 aliphatic heterocycles.